The van der Waals surface area contributed by atoms with E-state index in [1.54, 1.807) is 0 Å². The molecule has 0 aromatic heterocycles. The van der Waals surface area contributed by atoms with Crippen molar-refractivity contribution in [2.24, 2.45) is 11.7 Å². The van der Waals surface area contributed by atoms with Crippen LogP contribution in [0.4, 0.5) is 0 Å². The van der Waals surface area contributed by atoms with Gasteiger partial charge in [-0.15, -0.1) is 0 Å². The van der Waals surface area contributed by atoms with E-state index in [1.807, 2.05) is 30.3 Å². The molecule has 0 saturated heterocycles. The topological polar surface area (TPSA) is 43.1 Å². The number of amides is 1. The first kappa shape index (κ1) is 12.0. The summed E-state index contributed by atoms with van der Waals surface area (Å²) < 4.78 is 0. The smallest absolute Gasteiger partial charge is 0.225 e. The summed E-state index contributed by atoms with van der Waals surface area (Å²) in [5, 5.41) is 0. The molecule has 0 spiro atoms. The molecule has 0 bridgehead atoms. The Bertz CT molecular complexity index is 566. The molecule has 19 heavy (non-hydrogen) atoms. The van der Waals surface area contributed by atoms with Gasteiger partial charge in [0.25, 0.3) is 0 Å². The average Bonchev–Trinajstić information content (AvgIpc) is 2.82. The van der Waals surface area contributed by atoms with Crippen LogP contribution in [-0.2, 0) is 17.6 Å². The van der Waals surface area contributed by atoms with Crippen LogP contribution in [0.1, 0.15) is 22.6 Å². The van der Waals surface area contributed by atoms with Gasteiger partial charge < -0.3 is 5.73 Å². The molecule has 0 radical (unpaired) electrons. The molecular weight excluding hydrogens is 234 g/mol. The Labute approximate surface area is 113 Å². The third-order valence-electron chi connectivity index (χ3n) is 4.02. The number of benzene rings is 2. The van der Waals surface area contributed by atoms with Crippen molar-refractivity contribution in [2.45, 2.75) is 18.8 Å². The van der Waals surface area contributed by atoms with Crippen molar-refractivity contribution in [3.63, 3.8) is 0 Å². The summed E-state index contributed by atoms with van der Waals surface area (Å²) >= 11 is 0. The van der Waals surface area contributed by atoms with Crippen molar-refractivity contribution >= 4 is 5.91 Å². The molecule has 2 heteroatoms. The standard InChI is InChI=1S/C17H17NO/c18-17(19)16(12-6-2-1-3-7-12)15-10-13-8-4-5-9-14(13)11-15/h1-9,15-16H,10-11H2,(H2,18,19). The van der Waals surface area contributed by atoms with Crippen molar-refractivity contribution in [3.8, 4) is 0 Å². The summed E-state index contributed by atoms with van der Waals surface area (Å²) in [6, 6.07) is 18.3. The molecule has 1 aliphatic carbocycles. The highest BCUT2D eigenvalue weighted by Gasteiger charge is 2.32. The summed E-state index contributed by atoms with van der Waals surface area (Å²) in [5.74, 6) is -0.116. The molecule has 2 aromatic rings. The Morgan fingerprint density at radius 3 is 2.00 bits per heavy atom. The molecule has 1 atom stereocenters. The van der Waals surface area contributed by atoms with Crippen molar-refractivity contribution in [2.75, 3.05) is 0 Å². The number of hydrogen-bond donors (Lipinski definition) is 1. The maximum Gasteiger partial charge on any atom is 0.225 e. The van der Waals surface area contributed by atoms with E-state index in [2.05, 4.69) is 24.3 Å². The lowest BCUT2D eigenvalue weighted by Crippen LogP contribution is -2.28. The fraction of sp³-hybridized carbons (Fsp3) is 0.235. The quantitative estimate of drug-likeness (QED) is 0.895. The summed E-state index contributed by atoms with van der Waals surface area (Å²) in [6.45, 7) is 0. The van der Waals surface area contributed by atoms with Gasteiger partial charge in [0, 0.05) is 0 Å². The van der Waals surface area contributed by atoms with Crippen LogP contribution in [-0.4, -0.2) is 5.91 Å². The highest BCUT2D eigenvalue weighted by atomic mass is 16.1. The minimum Gasteiger partial charge on any atom is -0.369 e. The van der Waals surface area contributed by atoms with Crippen LogP contribution in [0.15, 0.2) is 54.6 Å². The van der Waals surface area contributed by atoms with Crippen LogP contribution in [0.3, 0.4) is 0 Å². The number of fused-ring (bicyclic) bond motifs is 1. The third kappa shape index (κ3) is 2.26. The molecule has 96 valence electrons. The van der Waals surface area contributed by atoms with E-state index in [0.29, 0.717) is 0 Å². The van der Waals surface area contributed by atoms with Crippen LogP contribution in [0.2, 0.25) is 0 Å². The minimum atomic E-state index is -0.219. The largest absolute Gasteiger partial charge is 0.369 e. The Hall–Kier alpha value is -2.09. The maximum absolute atomic E-state index is 11.9. The summed E-state index contributed by atoms with van der Waals surface area (Å²) in [6.07, 6.45) is 1.89. The molecule has 0 fully saturated rings. The fourth-order valence-corrected chi connectivity index (χ4v) is 3.16. The SMILES string of the molecule is NC(=O)C(c1ccccc1)C1Cc2ccccc2C1. The van der Waals surface area contributed by atoms with Crippen LogP contribution < -0.4 is 5.73 Å². The molecule has 0 aliphatic heterocycles. The number of nitrogens with two attached hydrogens (primary N) is 1. The lowest BCUT2D eigenvalue weighted by molar-refractivity contribution is -0.120. The molecule has 1 unspecified atom stereocenters. The number of primary amides is 1. The zero-order valence-corrected chi connectivity index (χ0v) is 10.8. The van der Waals surface area contributed by atoms with Crippen LogP contribution in [0, 0.1) is 5.92 Å². The summed E-state index contributed by atoms with van der Waals surface area (Å²) in [4.78, 5) is 11.9. The fourth-order valence-electron chi connectivity index (χ4n) is 3.16. The summed E-state index contributed by atoms with van der Waals surface area (Å²) in [7, 11) is 0. The lowest BCUT2D eigenvalue weighted by atomic mass is 9.83. The van der Waals surface area contributed by atoms with Crippen LogP contribution in [0.25, 0.3) is 0 Å². The van der Waals surface area contributed by atoms with Crippen molar-refractivity contribution < 1.29 is 4.79 Å². The molecule has 1 amide bonds. The summed E-state index contributed by atoms with van der Waals surface area (Å²) in [5.41, 5.74) is 9.39. The lowest BCUT2D eigenvalue weighted by Gasteiger charge is -2.20. The number of rotatable bonds is 3. The van der Waals surface area contributed by atoms with E-state index >= 15 is 0 Å². The van der Waals surface area contributed by atoms with E-state index in [9.17, 15) is 4.79 Å². The second-order valence-electron chi connectivity index (χ2n) is 5.23. The van der Waals surface area contributed by atoms with E-state index in [1.165, 1.54) is 11.1 Å². The molecule has 0 heterocycles. The predicted molar refractivity (Wildman–Crippen MR) is 75.7 cm³/mol. The van der Waals surface area contributed by atoms with Crippen LogP contribution in [0.5, 0.6) is 0 Å². The first-order valence-corrected chi connectivity index (χ1v) is 6.67. The van der Waals surface area contributed by atoms with Gasteiger partial charge in [0.1, 0.15) is 0 Å². The Balaban J connectivity index is 1.91. The molecule has 2 N–H and O–H groups in total. The zero-order valence-electron chi connectivity index (χ0n) is 10.8. The molecule has 1 aliphatic rings. The third-order valence-corrected chi connectivity index (χ3v) is 4.02. The first-order valence-electron chi connectivity index (χ1n) is 6.67. The van der Waals surface area contributed by atoms with Crippen LogP contribution >= 0.6 is 0 Å². The maximum atomic E-state index is 11.9. The normalized spacial score (nSPS) is 16.0. The molecule has 0 saturated carbocycles. The number of hydrogen-bond acceptors (Lipinski definition) is 1. The second kappa shape index (κ2) is 4.88. The van der Waals surface area contributed by atoms with Gasteiger partial charge >= 0.3 is 0 Å². The average molecular weight is 251 g/mol. The first-order chi connectivity index (χ1) is 9.25. The molecule has 3 rings (SSSR count). The van der Waals surface area contributed by atoms with Gasteiger partial charge in [-0.3, -0.25) is 4.79 Å². The van der Waals surface area contributed by atoms with Gasteiger partial charge in [0.2, 0.25) is 5.91 Å². The van der Waals surface area contributed by atoms with E-state index in [-0.39, 0.29) is 17.7 Å². The Morgan fingerprint density at radius 2 is 1.47 bits per heavy atom. The van der Waals surface area contributed by atoms with Gasteiger partial charge in [0.05, 0.1) is 5.92 Å². The van der Waals surface area contributed by atoms with E-state index in [0.717, 1.165) is 18.4 Å². The number of carbonyl (C=O) groups is 1. The highest BCUT2D eigenvalue weighted by Crippen LogP contribution is 2.36. The highest BCUT2D eigenvalue weighted by molar-refractivity contribution is 5.82. The Morgan fingerprint density at radius 1 is 0.947 bits per heavy atom. The van der Waals surface area contributed by atoms with Crippen molar-refractivity contribution in [1.82, 2.24) is 0 Å². The van der Waals surface area contributed by atoms with Gasteiger partial charge in [-0.25, -0.2) is 0 Å². The monoisotopic (exact) mass is 251 g/mol. The molecule has 2 nitrogen and oxygen atoms in total. The minimum absolute atomic E-state index is 0.186. The van der Waals surface area contributed by atoms with Gasteiger partial charge in [-0.2, -0.15) is 0 Å². The van der Waals surface area contributed by atoms with Crippen molar-refractivity contribution in [1.29, 1.82) is 0 Å². The van der Waals surface area contributed by atoms with Gasteiger partial charge in [-0.05, 0) is 35.4 Å². The molecule has 2 aromatic carbocycles. The Kier molecular flexibility index (Phi) is 3.08. The molecular formula is C17H17NO. The van der Waals surface area contributed by atoms with Gasteiger partial charge in [0.15, 0.2) is 0 Å². The zero-order chi connectivity index (χ0) is 13.2. The second-order valence-corrected chi connectivity index (χ2v) is 5.23. The number of carbonyl (C=O) groups excluding carboxylic acids is 1. The van der Waals surface area contributed by atoms with Crippen molar-refractivity contribution in [3.05, 3.63) is 71.3 Å². The van der Waals surface area contributed by atoms with E-state index < -0.39 is 0 Å². The van der Waals surface area contributed by atoms with Gasteiger partial charge in [-0.1, -0.05) is 54.6 Å². The van der Waals surface area contributed by atoms with E-state index in [4.69, 9.17) is 5.73 Å². The predicted octanol–water partition coefficient (Wildman–Crippen LogP) is 2.67.